The Morgan fingerprint density at radius 1 is 1.06 bits per heavy atom. The van der Waals surface area contributed by atoms with Gasteiger partial charge < -0.3 is 9.47 Å². The first kappa shape index (κ1) is 24.4. The van der Waals surface area contributed by atoms with E-state index in [0.29, 0.717) is 23.0 Å². The average Bonchev–Trinajstić information content (AvgIpc) is 2.79. The largest absolute Gasteiger partial charge is 0.483 e. The van der Waals surface area contributed by atoms with Crippen LogP contribution in [0.1, 0.15) is 46.8 Å². The maximum absolute atomic E-state index is 12.3. The number of nitrogens with one attached hydrogen (secondary N) is 1. The molecule has 1 amide bonds. The molecular formula is C26H25IN2O4. The van der Waals surface area contributed by atoms with E-state index in [1.165, 1.54) is 6.21 Å². The molecule has 6 nitrogen and oxygen atoms in total. The SMILES string of the molecule is Cc1ccc(C(C)C)c(OCC(=O)N/N=C\c2ccc(OC(=O)c3ccccc3I)cc2)c1. The van der Waals surface area contributed by atoms with Gasteiger partial charge >= 0.3 is 5.97 Å². The second-order valence-electron chi connectivity index (χ2n) is 7.72. The molecule has 0 saturated heterocycles. The van der Waals surface area contributed by atoms with Crippen LogP contribution in [0.3, 0.4) is 0 Å². The molecule has 33 heavy (non-hydrogen) atoms. The van der Waals surface area contributed by atoms with Crippen molar-refractivity contribution >= 4 is 40.7 Å². The van der Waals surface area contributed by atoms with Crippen LogP contribution < -0.4 is 14.9 Å². The van der Waals surface area contributed by atoms with Gasteiger partial charge in [0.05, 0.1) is 11.8 Å². The van der Waals surface area contributed by atoms with Gasteiger partial charge in [0.25, 0.3) is 5.91 Å². The number of hydrogen-bond acceptors (Lipinski definition) is 5. The first-order chi connectivity index (χ1) is 15.8. The summed E-state index contributed by atoms with van der Waals surface area (Å²) in [5.74, 6) is 0.654. The highest BCUT2D eigenvalue weighted by Crippen LogP contribution is 2.27. The van der Waals surface area contributed by atoms with Gasteiger partial charge in [-0.15, -0.1) is 0 Å². The Hall–Kier alpha value is -3.20. The van der Waals surface area contributed by atoms with E-state index in [2.05, 4.69) is 47.0 Å². The molecular weight excluding hydrogens is 531 g/mol. The molecule has 0 unspecified atom stereocenters. The summed E-state index contributed by atoms with van der Waals surface area (Å²) in [6.45, 7) is 6.01. The number of carbonyl (C=O) groups excluding carboxylic acids is 2. The molecule has 0 heterocycles. The zero-order valence-electron chi connectivity index (χ0n) is 18.7. The minimum absolute atomic E-state index is 0.131. The normalized spacial score (nSPS) is 10.9. The quantitative estimate of drug-likeness (QED) is 0.131. The average molecular weight is 556 g/mol. The molecule has 0 aliphatic rings. The Kier molecular flexibility index (Phi) is 8.59. The van der Waals surface area contributed by atoms with E-state index >= 15 is 0 Å². The molecule has 0 aliphatic carbocycles. The van der Waals surface area contributed by atoms with Gasteiger partial charge in [-0.3, -0.25) is 4.79 Å². The van der Waals surface area contributed by atoms with Crippen molar-refractivity contribution in [3.05, 3.63) is 92.6 Å². The third-order valence-corrected chi connectivity index (χ3v) is 5.68. The molecule has 0 atom stereocenters. The summed E-state index contributed by atoms with van der Waals surface area (Å²) in [6, 6.07) is 20.0. The molecule has 3 aromatic carbocycles. The molecule has 0 saturated carbocycles. The van der Waals surface area contributed by atoms with Crippen LogP contribution in [0.5, 0.6) is 11.5 Å². The number of amides is 1. The predicted molar refractivity (Wildman–Crippen MR) is 137 cm³/mol. The monoisotopic (exact) mass is 556 g/mol. The van der Waals surface area contributed by atoms with Gasteiger partial charge in [0.2, 0.25) is 0 Å². The number of esters is 1. The summed E-state index contributed by atoms with van der Waals surface area (Å²) in [4.78, 5) is 24.4. The molecule has 170 valence electrons. The summed E-state index contributed by atoms with van der Waals surface area (Å²) in [6.07, 6.45) is 1.51. The Balaban J connectivity index is 1.50. The second-order valence-corrected chi connectivity index (χ2v) is 8.88. The lowest BCUT2D eigenvalue weighted by atomic mass is 10.0. The molecule has 0 aromatic heterocycles. The third-order valence-electron chi connectivity index (χ3n) is 4.74. The number of nitrogens with zero attached hydrogens (tertiary/aromatic N) is 1. The van der Waals surface area contributed by atoms with Crippen LogP contribution in [0.25, 0.3) is 0 Å². The number of carbonyl (C=O) groups is 2. The van der Waals surface area contributed by atoms with Crippen LogP contribution >= 0.6 is 22.6 Å². The van der Waals surface area contributed by atoms with Crippen molar-refractivity contribution in [2.75, 3.05) is 6.61 Å². The van der Waals surface area contributed by atoms with Crippen molar-refractivity contribution in [1.29, 1.82) is 0 Å². The van der Waals surface area contributed by atoms with Crippen molar-refractivity contribution in [2.45, 2.75) is 26.7 Å². The number of aryl methyl sites for hydroxylation is 1. The number of ether oxygens (including phenoxy) is 2. The second kappa shape index (κ2) is 11.6. The van der Waals surface area contributed by atoms with E-state index in [4.69, 9.17) is 9.47 Å². The highest BCUT2D eigenvalue weighted by molar-refractivity contribution is 14.1. The smallest absolute Gasteiger partial charge is 0.344 e. The Morgan fingerprint density at radius 2 is 1.79 bits per heavy atom. The molecule has 0 bridgehead atoms. The molecule has 0 fully saturated rings. The van der Waals surface area contributed by atoms with Crippen molar-refractivity contribution in [3.63, 3.8) is 0 Å². The van der Waals surface area contributed by atoms with Crippen molar-refractivity contribution < 1.29 is 19.1 Å². The highest BCUT2D eigenvalue weighted by atomic mass is 127. The minimum Gasteiger partial charge on any atom is -0.483 e. The first-order valence-corrected chi connectivity index (χ1v) is 11.5. The lowest BCUT2D eigenvalue weighted by Gasteiger charge is -2.14. The van der Waals surface area contributed by atoms with E-state index in [1.54, 1.807) is 36.4 Å². The van der Waals surface area contributed by atoms with E-state index in [1.807, 2.05) is 37.3 Å². The summed E-state index contributed by atoms with van der Waals surface area (Å²) in [5.41, 5.74) is 5.84. The Morgan fingerprint density at radius 3 is 2.48 bits per heavy atom. The number of hydrogen-bond donors (Lipinski definition) is 1. The summed E-state index contributed by atoms with van der Waals surface area (Å²) >= 11 is 2.10. The lowest BCUT2D eigenvalue weighted by Crippen LogP contribution is -2.25. The van der Waals surface area contributed by atoms with E-state index < -0.39 is 5.97 Å². The number of hydrazone groups is 1. The van der Waals surface area contributed by atoms with Gasteiger partial charge in [-0.1, -0.05) is 38.1 Å². The standard InChI is InChI=1S/C26H25IN2O4/c1-17(2)21-13-8-18(3)14-24(21)32-16-25(30)29-28-15-19-9-11-20(12-10-19)33-26(31)22-6-4-5-7-23(22)27/h4-15,17H,16H2,1-3H3,(H,29,30)/b28-15-. The van der Waals surface area contributed by atoms with Crippen molar-refractivity contribution in [2.24, 2.45) is 5.10 Å². The fourth-order valence-corrected chi connectivity index (χ4v) is 3.62. The molecule has 0 spiro atoms. The van der Waals surface area contributed by atoms with Gasteiger partial charge in [0.15, 0.2) is 6.61 Å². The maximum atomic E-state index is 12.3. The van der Waals surface area contributed by atoms with Crippen LogP contribution in [-0.2, 0) is 4.79 Å². The molecule has 1 N–H and O–H groups in total. The highest BCUT2D eigenvalue weighted by Gasteiger charge is 2.12. The fourth-order valence-electron chi connectivity index (χ4n) is 3.01. The van der Waals surface area contributed by atoms with E-state index in [-0.39, 0.29) is 12.5 Å². The Bertz CT molecular complexity index is 1160. The van der Waals surface area contributed by atoms with Gasteiger partial charge in [-0.25, -0.2) is 10.2 Å². The van der Waals surface area contributed by atoms with Crippen molar-refractivity contribution in [3.8, 4) is 11.5 Å². The van der Waals surface area contributed by atoms with Crippen LogP contribution in [0.2, 0.25) is 0 Å². The third kappa shape index (κ3) is 7.15. The zero-order valence-corrected chi connectivity index (χ0v) is 20.8. The number of benzene rings is 3. The Labute approximate surface area is 207 Å². The number of halogens is 1. The van der Waals surface area contributed by atoms with Crippen molar-refractivity contribution in [1.82, 2.24) is 5.43 Å². The first-order valence-electron chi connectivity index (χ1n) is 10.5. The predicted octanol–water partition coefficient (Wildman–Crippen LogP) is 5.47. The zero-order chi connectivity index (χ0) is 23.8. The topological polar surface area (TPSA) is 77.0 Å². The molecule has 0 aliphatic heterocycles. The van der Waals surface area contributed by atoms with E-state index in [0.717, 1.165) is 20.3 Å². The lowest BCUT2D eigenvalue weighted by molar-refractivity contribution is -0.123. The van der Waals surface area contributed by atoms with E-state index in [9.17, 15) is 9.59 Å². The summed E-state index contributed by atoms with van der Waals surface area (Å²) < 4.78 is 11.9. The molecule has 3 rings (SSSR count). The fraction of sp³-hybridized carbons (Fsp3) is 0.192. The molecule has 0 radical (unpaired) electrons. The molecule has 3 aromatic rings. The molecule has 7 heteroatoms. The van der Waals surface area contributed by atoms with Gasteiger partial charge in [0.1, 0.15) is 11.5 Å². The van der Waals surface area contributed by atoms with Gasteiger partial charge in [-0.2, -0.15) is 5.10 Å². The minimum atomic E-state index is -0.414. The summed E-state index contributed by atoms with van der Waals surface area (Å²) in [5, 5.41) is 3.97. The van der Waals surface area contributed by atoms with Gasteiger partial charge in [-0.05, 0) is 94.6 Å². The maximum Gasteiger partial charge on any atom is 0.344 e. The number of rotatable bonds is 8. The van der Waals surface area contributed by atoms with Crippen LogP contribution in [0.15, 0.2) is 71.8 Å². The van der Waals surface area contributed by atoms with Crippen LogP contribution in [0.4, 0.5) is 0 Å². The van der Waals surface area contributed by atoms with Gasteiger partial charge in [0, 0.05) is 3.57 Å². The van der Waals surface area contributed by atoms with Crippen LogP contribution in [0, 0.1) is 10.5 Å². The summed E-state index contributed by atoms with van der Waals surface area (Å²) in [7, 11) is 0. The van der Waals surface area contributed by atoms with Crippen LogP contribution in [-0.4, -0.2) is 24.7 Å².